The van der Waals surface area contributed by atoms with E-state index >= 15 is 0 Å². The minimum atomic E-state index is -0.784. The average Bonchev–Trinajstić information content (AvgIpc) is 2.47. The molecule has 118 valence electrons. The summed E-state index contributed by atoms with van der Waals surface area (Å²) >= 11 is 0. The molecule has 0 spiro atoms. The van der Waals surface area contributed by atoms with E-state index in [1.165, 1.54) is 0 Å². The lowest BCUT2D eigenvalue weighted by molar-refractivity contribution is -0.136. The molecule has 4 heteroatoms. The Bertz CT molecular complexity index is 430. The van der Waals surface area contributed by atoms with Crippen LogP contribution in [0, 0.1) is 0 Å². The van der Waals surface area contributed by atoms with Gasteiger partial charge in [-0.3, -0.25) is 9.69 Å². The molecule has 0 bridgehead atoms. The van der Waals surface area contributed by atoms with Crippen LogP contribution in [0.3, 0.4) is 0 Å². The first-order valence-electron chi connectivity index (χ1n) is 7.63. The fourth-order valence-electron chi connectivity index (χ4n) is 2.67. The molecule has 0 aliphatic rings. The van der Waals surface area contributed by atoms with Crippen LogP contribution in [-0.4, -0.2) is 42.3 Å². The molecule has 1 rings (SSSR count). The highest BCUT2D eigenvalue weighted by molar-refractivity contribution is 5.70. The van der Waals surface area contributed by atoms with Crippen molar-refractivity contribution >= 4 is 5.97 Å². The third-order valence-electron chi connectivity index (χ3n) is 3.88. The summed E-state index contributed by atoms with van der Waals surface area (Å²) in [6.45, 7) is 6.72. The van der Waals surface area contributed by atoms with Gasteiger partial charge in [-0.2, -0.15) is 0 Å². The van der Waals surface area contributed by atoms with Crippen molar-refractivity contribution in [3.8, 4) is 0 Å². The van der Waals surface area contributed by atoms with Crippen LogP contribution in [0.1, 0.15) is 37.8 Å². The van der Waals surface area contributed by atoms with Gasteiger partial charge in [0.2, 0.25) is 0 Å². The van der Waals surface area contributed by atoms with Crippen molar-refractivity contribution in [3.05, 3.63) is 35.4 Å². The number of carbonyl (C=O) groups is 1. The van der Waals surface area contributed by atoms with Gasteiger partial charge in [0.15, 0.2) is 0 Å². The molecular formula is C17H27NO3. The number of rotatable bonds is 10. The Morgan fingerprint density at radius 3 is 2.38 bits per heavy atom. The Morgan fingerprint density at radius 1 is 1.24 bits per heavy atom. The molecule has 0 aliphatic heterocycles. The number of benzene rings is 1. The van der Waals surface area contributed by atoms with Crippen molar-refractivity contribution in [2.45, 2.75) is 45.7 Å². The number of nitrogens with zero attached hydrogens (tertiary/aromatic N) is 1. The maximum atomic E-state index is 11.0. The number of hydrogen-bond donors (Lipinski definition) is 1. The molecule has 1 aromatic carbocycles. The highest BCUT2D eigenvalue weighted by Crippen LogP contribution is 2.17. The largest absolute Gasteiger partial charge is 0.481 e. The van der Waals surface area contributed by atoms with E-state index in [2.05, 4.69) is 18.7 Å². The molecule has 4 nitrogen and oxygen atoms in total. The summed E-state index contributed by atoms with van der Waals surface area (Å²) in [6, 6.07) is 8.31. The number of carboxylic acids is 1. The Morgan fingerprint density at radius 2 is 1.86 bits per heavy atom. The molecule has 0 aliphatic carbocycles. The second-order valence-corrected chi connectivity index (χ2v) is 5.27. The second-order valence-electron chi connectivity index (χ2n) is 5.27. The number of carboxylic acid groups (broad SMARTS) is 1. The van der Waals surface area contributed by atoms with Gasteiger partial charge in [-0.15, -0.1) is 0 Å². The maximum Gasteiger partial charge on any atom is 0.307 e. The first-order valence-corrected chi connectivity index (χ1v) is 7.63. The Labute approximate surface area is 127 Å². The molecule has 1 aromatic rings. The fraction of sp³-hybridized carbons (Fsp3) is 0.588. The van der Waals surface area contributed by atoms with E-state index in [9.17, 15) is 4.79 Å². The fourth-order valence-corrected chi connectivity index (χ4v) is 2.67. The average molecular weight is 293 g/mol. The lowest BCUT2D eigenvalue weighted by atomic mass is 10.0. The van der Waals surface area contributed by atoms with Crippen LogP contribution in [0.2, 0.25) is 0 Å². The third kappa shape index (κ3) is 5.86. The minimum Gasteiger partial charge on any atom is -0.481 e. The molecular weight excluding hydrogens is 266 g/mol. The summed E-state index contributed by atoms with van der Waals surface area (Å²) in [5.41, 5.74) is 2.00. The van der Waals surface area contributed by atoms with Crippen LogP contribution in [0.4, 0.5) is 0 Å². The number of aliphatic carboxylic acids is 1. The zero-order valence-electron chi connectivity index (χ0n) is 13.3. The van der Waals surface area contributed by atoms with Gasteiger partial charge in [0.05, 0.1) is 13.0 Å². The molecule has 0 amide bonds. The first-order chi connectivity index (χ1) is 10.1. The zero-order valence-corrected chi connectivity index (χ0v) is 13.3. The van der Waals surface area contributed by atoms with Crippen molar-refractivity contribution in [3.63, 3.8) is 0 Å². The standard InChI is InChI=1S/C17H27NO3/c1-4-16(5-2)18(10-11-21-3)13-15-9-7-6-8-14(15)12-17(19)20/h6-9,16H,4-5,10-13H2,1-3H3,(H,19,20). The van der Waals surface area contributed by atoms with Gasteiger partial charge in [-0.1, -0.05) is 38.1 Å². The lowest BCUT2D eigenvalue weighted by Gasteiger charge is -2.31. The van der Waals surface area contributed by atoms with Crippen molar-refractivity contribution in [1.82, 2.24) is 4.90 Å². The summed E-state index contributed by atoms with van der Waals surface area (Å²) in [7, 11) is 1.71. The number of ether oxygens (including phenoxy) is 1. The van der Waals surface area contributed by atoms with Crippen LogP contribution in [-0.2, 0) is 22.5 Å². The first kappa shape index (κ1) is 17.7. The molecule has 0 aromatic heterocycles. The van der Waals surface area contributed by atoms with Crippen molar-refractivity contribution in [1.29, 1.82) is 0 Å². The topological polar surface area (TPSA) is 49.8 Å². The predicted molar refractivity (Wildman–Crippen MR) is 84.4 cm³/mol. The van der Waals surface area contributed by atoms with E-state index in [-0.39, 0.29) is 6.42 Å². The van der Waals surface area contributed by atoms with E-state index < -0.39 is 5.97 Å². The van der Waals surface area contributed by atoms with Gasteiger partial charge in [-0.25, -0.2) is 0 Å². The third-order valence-corrected chi connectivity index (χ3v) is 3.88. The highest BCUT2D eigenvalue weighted by atomic mass is 16.5. The molecule has 0 saturated heterocycles. The Hall–Kier alpha value is -1.39. The van der Waals surface area contributed by atoms with Gasteiger partial charge in [0, 0.05) is 26.2 Å². The van der Waals surface area contributed by atoms with Crippen molar-refractivity contribution < 1.29 is 14.6 Å². The maximum absolute atomic E-state index is 11.0. The Balaban J connectivity index is 2.88. The molecule has 1 N–H and O–H groups in total. The molecule has 0 radical (unpaired) electrons. The van der Waals surface area contributed by atoms with Crippen LogP contribution in [0.5, 0.6) is 0 Å². The smallest absolute Gasteiger partial charge is 0.307 e. The summed E-state index contributed by atoms with van der Waals surface area (Å²) in [4.78, 5) is 13.4. The molecule has 0 heterocycles. The van der Waals surface area contributed by atoms with E-state index in [1.54, 1.807) is 7.11 Å². The molecule has 21 heavy (non-hydrogen) atoms. The van der Waals surface area contributed by atoms with Crippen LogP contribution in [0.25, 0.3) is 0 Å². The van der Waals surface area contributed by atoms with E-state index in [1.807, 2.05) is 24.3 Å². The monoisotopic (exact) mass is 293 g/mol. The molecule has 0 fully saturated rings. The van der Waals surface area contributed by atoms with Crippen molar-refractivity contribution in [2.24, 2.45) is 0 Å². The summed E-state index contributed by atoms with van der Waals surface area (Å²) in [5.74, 6) is -0.784. The van der Waals surface area contributed by atoms with Gasteiger partial charge < -0.3 is 9.84 Å². The predicted octanol–water partition coefficient (Wildman–Crippen LogP) is 2.95. The summed E-state index contributed by atoms with van der Waals surface area (Å²) in [6.07, 6.45) is 2.25. The van der Waals surface area contributed by atoms with Gasteiger partial charge >= 0.3 is 5.97 Å². The van der Waals surface area contributed by atoms with E-state index in [0.29, 0.717) is 12.6 Å². The van der Waals surface area contributed by atoms with Gasteiger partial charge in [0.25, 0.3) is 0 Å². The van der Waals surface area contributed by atoms with Crippen molar-refractivity contribution in [2.75, 3.05) is 20.3 Å². The lowest BCUT2D eigenvalue weighted by Crippen LogP contribution is -2.36. The van der Waals surface area contributed by atoms with Gasteiger partial charge in [0.1, 0.15) is 0 Å². The van der Waals surface area contributed by atoms with E-state index in [0.717, 1.165) is 37.1 Å². The van der Waals surface area contributed by atoms with Crippen LogP contribution in [0.15, 0.2) is 24.3 Å². The quantitative estimate of drug-likeness (QED) is 0.720. The van der Waals surface area contributed by atoms with Gasteiger partial charge in [-0.05, 0) is 24.0 Å². The minimum absolute atomic E-state index is 0.0806. The number of methoxy groups -OCH3 is 1. The normalized spacial score (nSPS) is 11.3. The second kappa shape index (κ2) is 9.53. The molecule has 0 saturated carbocycles. The van der Waals surface area contributed by atoms with E-state index in [4.69, 9.17) is 9.84 Å². The van der Waals surface area contributed by atoms with Crippen LogP contribution < -0.4 is 0 Å². The Kier molecular flexibility index (Phi) is 8.01. The molecule has 0 atom stereocenters. The zero-order chi connectivity index (χ0) is 15.7. The van der Waals surface area contributed by atoms with Crippen LogP contribution >= 0.6 is 0 Å². The summed E-state index contributed by atoms with van der Waals surface area (Å²) < 4.78 is 5.21. The number of hydrogen-bond acceptors (Lipinski definition) is 3. The summed E-state index contributed by atoms with van der Waals surface area (Å²) in [5, 5.41) is 9.03. The molecule has 0 unspecified atom stereocenters. The highest BCUT2D eigenvalue weighted by Gasteiger charge is 2.17. The SMILES string of the molecule is CCC(CC)N(CCOC)Cc1ccccc1CC(=O)O.